The molecule has 3 fully saturated rings. The van der Waals surface area contributed by atoms with Crippen LogP contribution in [0.2, 0.25) is 0 Å². The van der Waals surface area contributed by atoms with Crippen LogP contribution in [0.4, 0.5) is 5.69 Å². The number of imidazole rings is 1. The first-order valence-corrected chi connectivity index (χ1v) is 16.9. The van der Waals surface area contributed by atoms with E-state index in [4.69, 9.17) is 14.7 Å². The molecule has 2 aromatic heterocycles. The molecule has 0 spiro atoms. The van der Waals surface area contributed by atoms with E-state index in [0.29, 0.717) is 10.9 Å². The lowest BCUT2D eigenvalue weighted by molar-refractivity contribution is 0.0331. The van der Waals surface area contributed by atoms with Gasteiger partial charge < -0.3 is 14.2 Å². The van der Waals surface area contributed by atoms with Crippen molar-refractivity contribution in [2.75, 3.05) is 76.7 Å². The highest BCUT2D eigenvalue weighted by Gasteiger charge is 2.29. The van der Waals surface area contributed by atoms with E-state index in [9.17, 15) is 8.42 Å². The van der Waals surface area contributed by atoms with Crippen LogP contribution in [-0.2, 0) is 14.6 Å². The molecule has 4 heterocycles. The first kappa shape index (κ1) is 27.5. The van der Waals surface area contributed by atoms with Crippen molar-refractivity contribution in [3.63, 3.8) is 0 Å². The molecular weight excluding hydrogens is 548 g/mol. The summed E-state index contributed by atoms with van der Waals surface area (Å²) in [6, 6.07) is 18.4. The van der Waals surface area contributed by atoms with Gasteiger partial charge in [0.15, 0.2) is 9.84 Å². The van der Waals surface area contributed by atoms with Gasteiger partial charge in [-0.3, -0.25) is 14.8 Å². The number of hydrogen-bond donors (Lipinski definition) is 0. The summed E-state index contributed by atoms with van der Waals surface area (Å²) in [4.78, 5) is 17.6. The molecule has 2 saturated heterocycles. The van der Waals surface area contributed by atoms with Crippen molar-refractivity contribution in [2.24, 2.45) is 0 Å². The molecule has 0 bridgehead atoms. The largest absolute Gasteiger partial charge is 0.379 e. The third-order valence-corrected chi connectivity index (χ3v) is 9.89. The smallest absolute Gasteiger partial charge is 0.175 e. The molecule has 0 atom stereocenters. The van der Waals surface area contributed by atoms with Crippen molar-refractivity contribution in [3.05, 3.63) is 60.8 Å². The zero-order valence-corrected chi connectivity index (χ0v) is 25.0. The first-order chi connectivity index (χ1) is 20.4. The monoisotopic (exact) mass is 586 g/mol. The normalized spacial score (nSPS) is 19.0. The summed E-state index contributed by atoms with van der Waals surface area (Å²) in [7, 11) is -3.24. The molecule has 2 aromatic carbocycles. The fourth-order valence-electron chi connectivity index (χ4n) is 6.09. The number of anilines is 1. The molecule has 9 nitrogen and oxygen atoms in total. The van der Waals surface area contributed by atoms with Gasteiger partial charge in [0, 0.05) is 81.5 Å². The van der Waals surface area contributed by atoms with E-state index in [0.717, 1.165) is 112 Å². The van der Waals surface area contributed by atoms with Crippen LogP contribution < -0.4 is 4.90 Å². The lowest BCUT2D eigenvalue weighted by atomic mass is 10.1. The minimum atomic E-state index is -3.24. The topological polar surface area (TPSA) is 83.8 Å². The van der Waals surface area contributed by atoms with Crippen LogP contribution in [0.25, 0.3) is 33.7 Å². The molecule has 4 aromatic rings. The molecular formula is C32H38N6O3S. The van der Waals surface area contributed by atoms with Crippen LogP contribution in [0.15, 0.2) is 65.7 Å². The Bertz CT molecular complexity index is 1650. The average Bonchev–Trinajstić information content (AvgIpc) is 3.79. The van der Waals surface area contributed by atoms with Gasteiger partial charge >= 0.3 is 0 Å². The summed E-state index contributed by atoms with van der Waals surface area (Å²) in [5.74, 6) is 0.867. The molecule has 1 saturated carbocycles. The third kappa shape index (κ3) is 5.81. The number of aromatic nitrogens is 3. The average molecular weight is 587 g/mol. The second-order valence-electron chi connectivity index (χ2n) is 11.7. The maximum Gasteiger partial charge on any atom is 0.175 e. The first-order valence-electron chi connectivity index (χ1n) is 15.0. The van der Waals surface area contributed by atoms with Gasteiger partial charge in [0.2, 0.25) is 0 Å². The molecule has 0 N–H and O–H groups in total. The summed E-state index contributed by atoms with van der Waals surface area (Å²) in [5.41, 5.74) is 6.13. The van der Waals surface area contributed by atoms with Gasteiger partial charge in [0.1, 0.15) is 11.3 Å². The van der Waals surface area contributed by atoms with E-state index in [2.05, 4.69) is 49.6 Å². The molecule has 1 aliphatic carbocycles. The van der Waals surface area contributed by atoms with E-state index in [1.54, 1.807) is 12.1 Å². The molecule has 0 unspecified atom stereocenters. The molecule has 3 aliphatic rings. The van der Waals surface area contributed by atoms with E-state index in [-0.39, 0.29) is 0 Å². The number of sulfone groups is 1. The number of nitrogens with zero attached hydrogens (tertiary/aromatic N) is 6. The van der Waals surface area contributed by atoms with Crippen molar-refractivity contribution in [2.45, 2.75) is 23.8 Å². The fourth-order valence-corrected chi connectivity index (χ4v) is 6.72. The Morgan fingerprint density at radius 3 is 2.12 bits per heavy atom. The van der Waals surface area contributed by atoms with Crippen LogP contribution >= 0.6 is 0 Å². The van der Waals surface area contributed by atoms with E-state index in [1.165, 1.54) is 11.9 Å². The predicted molar refractivity (Wildman–Crippen MR) is 166 cm³/mol. The van der Waals surface area contributed by atoms with Crippen LogP contribution in [0.1, 0.15) is 18.9 Å². The van der Waals surface area contributed by atoms with Gasteiger partial charge in [-0.15, -0.1) is 0 Å². The number of morpholine rings is 1. The summed E-state index contributed by atoms with van der Waals surface area (Å²) in [5, 5.41) is 0. The third-order valence-electron chi connectivity index (χ3n) is 8.77. The SMILES string of the molecule is CS(=O)(=O)c1ccc(-c2nc3cnc(-c4ccc(N5CCN(CCN6CCOCC6)CC5)cc4)cc3n2C2CC2)cc1. The number of ether oxygens (including phenoxy) is 1. The Hall–Kier alpha value is -3.31. The van der Waals surface area contributed by atoms with Crippen LogP contribution in [0.3, 0.4) is 0 Å². The molecule has 220 valence electrons. The number of benzene rings is 2. The van der Waals surface area contributed by atoms with Crippen molar-refractivity contribution in [1.29, 1.82) is 0 Å². The standard InChI is InChI=1S/C32H38N6O3S/c1-42(39,40)28-10-4-25(5-11-28)32-34-30-23-33-29(22-31(30)38(32)27-8-9-27)24-2-6-26(7-3-24)37-16-14-35(15-17-37)12-13-36-18-20-41-21-19-36/h2-7,10-11,22-23,27H,8-9,12-21H2,1H3. The van der Waals surface area contributed by atoms with Gasteiger partial charge in [-0.1, -0.05) is 12.1 Å². The molecule has 7 rings (SSSR count). The highest BCUT2D eigenvalue weighted by atomic mass is 32.2. The fraction of sp³-hybridized carbons (Fsp3) is 0.438. The second-order valence-corrected chi connectivity index (χ2v) is 13.7. The van der Waals surface area contributed by atoms with Crippen molar-refractivity contribution in [1.82, 2.24) is 24.3 Å². The van der Waals surface area contributed by atoms with Crippen LogP contribution in [0, 0.1) is 0 Å². The maximum atomic E-state index is 11.9. The summed E-state index contributed by atoms with van der Waals surface area (Å²) in [6.07, 6.45) is 5.33. The quantitative estimate of drug-likeness (QED) is 0.307. The number of pyridine rings is 1. The number of piperazine rings is 1. The van der Waals surface area contributed by atoms with Gasteiger partial charge in [0.25, 0.3) is 0 Å². The molecule has 42 heavy (non-hydrogen) atoms. The van der Waals surface area contributed by atoms with Gasteiger partial charge in [-0.2, -0.15) is 0 Å². The Morgan fingerprint density at radius 1 is 0.833 bits per heavy atom. The molecule has 10 heteroatoms. The van der Waals surface area contributed by atoms with Crippen LogP contribution in [0.5, 0.6) is 0 Å². The van der Waals surface area contributed by atoms with Gasteiger partial charge in [0.05, 0.1) is 35.5 Å². The van der Waals surface area contributed by atoms with E-state index in [1.807, 2.05) is 18.3 Å². The van der Waals surface area contributed by atoms with E-state index >= 15 is 0 Å². The zero-order valence-electron chi connectivity index (χ0n) is 24.2. The minimum absolute atomic E-state index is 0.318. The zero-order chi connectivity index (χ0) is 28.7. The van der Waals surface area contributed by atoms with Crippen molar-refractivity contribution < 1.29 is 13.2 Å². The van der Waals surface area contributed by atoms with E-state index < -0.39 is 9.84 Å². The van der Waals surface area contributed by atoms with Crippen LogP contribution in [-0.4, -0.2) is 105 Å². The Balaban J connectivity index is 1.06. The predicted octanol–water partition coefficient (Wildman–Crippen LogP) is 3.96. The Morgan fingerprint density at radius 2 is 1.48 bits per heavy atom. The lowest BCUT2D eigenvalue weighted by Crippen LogP contribution is -2.49. The Labute approximate surface area is 247 Å². The summed E-state index contributed by atoms with van der Waals surface area (Å²) < 4.78 is 31.7. The van der Waals surface area contributed by atoms with Crippen molar-refractivity contribution in [3.8, 4) is 22.6 Å². The summed E-state index contributed by atoms with van der Waals surface area (Å²) in [6.45, 7) is 10.4. The second kappa shape index (κ2) is 11.4. The highest BCUT2D eigenvalue weighted by Crippen LogP contribution is 2.42. The van der Waals surface area contributed by atoms with Crippen molar-refractivity contribution >= 4 is 26.6 Å². The minimum Gasteiger partial charge on any atom is -0.379 e. The number of hydrogen-bond acceptors (Lipinski definition) is 8. The lowest BCUT2D eigenvalue weighted by Gasteiger charge is -2.37. The van der Waals surface area contributed by atoms with Gasteiger partial charge in [-0.25, -0.2) is 13.4 Å². The molecule has 0 amide bonds. The van der Waals surface area contributed by atoms with Gasteiger partial charge in [-0.05, 0) is 55.3 Å². The molecule has 2 aliphatic heterocycles. The highest BCUT2D eigenvalue weighted by molar-refractivity contribution is 7.90. The number of fused-ring (bicyclic) bond motifs is 1. The summed E-state index contributed by atoms with van der Waals surface area (Å²) >= 11 is 0. The number of rotatable bonds is 8. The molecule has 0 radical (unpaired) electrons. The Kier molecular flexibility index (Phi) is 7.47. The maximum absolute atomic E-state index is 11.9.